The predicted octanol–water partition coefficient (Wildman–Crippen LogP) is 3.21. The number of fused-ring (bicyclic) bond motifs is 1. The number of aliphatic hydroxyl groups is 1. The monoisotopic (exact) mass is 344 g/mol. The number of aromatic amines is 1. The molecule has 25 heavy (non-hydrogen) atoms. The lowest BCUT2D eigenvalue weighted by atomic mass is 9.89. The van der Waals surface area contributed by atoms with Crippen molar-refractivity contribution in [2.45, 2.75) is 45.6 Å². The molecule has 2 amide bonds. The van der Waals surface area contributed by atoms with E-state index in [-0.39, 0.29) is 24.1 Å². The van der Waals surface area contributed by atoms with Crippen molar-refractivity contribution in [3.05, 3.63) is 30.1 Å². The van der Waals surface area contributed by atoms with Crippen molar-refractivity contribution in [1.29, 1.82) is 0 Å². The number of imidazole rings is 1. The lowest BCUT2D eigenvalue weighted by Crippen LogP contribution is -2.40. The third kappa shape index (κ3) is 4.12. The van der Waals surface area contributed by atoms with Crippen molar-refractivity contribution < 1.29 is 9.90 Å². The van der Waals surface area contributed by atoms with Crippen LogP contribution in [0.4, 0.5) is 4.79 Å². The van der Waals surface area contributed by atoms with Gasteiger partial charge in [-0.2, -0.15) is 0 Å². The SMILES string of the molecule is CC(C)(CO)CCCNC(=O)N1CCCC1c1nc2ccccc2[nH]1. The number of carbonyl (C=O) groups is 1. The predicted molar refractivity (Wildman–Crippen MR) is 98.3 cm³/mol. The largest absolute Gasteiger partial charge is 0.396 e. The molecule has 1 atom stereocenters. The van der Waals surface area contributed by atoms with Crippen LogP contribution in [0.15, 0.2) is 24.3 Å². The smallest absolute Gasteiger partial charge is 0.318 e. The summed E-state index contributed by atoms with van der Waals surface area (Å²) in [5, 5.41) is 12.3. The second-order valence-electron chi connectivity index (χ2n) is 7.65. The zero-order chi connectivity index (χ0) is 17.9. The van der Waals surface area contributed by atoms with Gasteiger partial charge in [0.15, 0.2) is 0 Å². The molecule has 6 heteroatoms. The first-order chi connectivity index (χ1) is 12.0. The summed E-state index contributed by atoms with van der Waals surface area (Å²) < 4.78 is 0. The number of nitrogens with zero attached hydrogens (tertiary/aromatic N) is 2. The van der Waals surface area contributed by atoms with Crippen molar-refractivity contribution in [2.24, 2.45) is 5.41 Å². The number of H-pyrrole nitrogens is 1. The molecule has 1 aliphatic rings. The van der Waals surface area contributed by atoms with Gasteiger partial charge in [-0.15, -0.1) is 0 Å². The minimum atomic E-state index is -0.0881. The number of urea groups is 1. The molecule has 0 aliphatic carbocycles. The van der Waals surface area contributed by atoms with E-state index in [4.69, 9.17) is 0 Å². The number of nitrogens with one attached hydrogen (secondary N) is 2. The molecule has 0 spiro atoms. The molecule has 0 saturated carbocycles. The molecule has 6 nitrogen and oxygen atoms in total. The molecule has 0 radical (unpaired) electrons. The van der Waals surface area contributed by atoms with E-state index in [9.17, 15) is 9.90 Å². The highest BCUT2D eigenvalue weighted by Gasteiger charge is 2.32. The second kappa shape index (κ2) is 7.44. The molecule has 1 aromatic heterocycles. The molecule has 2 heterocycles. The van der Waals surface area contributed by atoms with Gasteiger partial charge in [-0.3, -0.25) is 0 Å². The van der Waals surface area contributed by atoms with E-state index in [1.807, 2.05) is 43.0 Å². The van der Waals surface area contributed by atoms with Crippen LogP contribution in [0.2, 0.25) is 0 Å². The van der Waals surface area contributed by atoms with Gasteiger partial charge in [-0.25, -0.2) is 9.78 Å². The Morgan fingerprint density at radius 2 is 2.24 bits per heavy atom. The molecule has 1 aliphatic heterocycles. The number of benzene rings is 1. The maximum Gasteiger partial charge on any atom is 0.318 e. The highest BCUT2D eigenvalue weighted by atomic mass is 16.3. The summed E-state index contributed by atoms with van der Waals surface area (Å²) in [6.45, 7) is 5.63. The Labute approximate surface area is 148 Å². The number of rotatable bonds is 6. The Morgan fingerprint density at radius 3 is 3.00 bits per heavy atom. The maximum absolute atomic E-state index is 12.6. The molecule has 3 rings (SSSR count). The van der Waals surface area contributed by atoms with Crippen LogP contribution in [0.1, 0.15) is 51.4 Å². The van der Waals surface area contributed by atoms with E-state index in [1.54, 1.807) is 0 Å². The Hall–Kier alpha value is -2.08. The maximum atomic E-state index is 12.6. The first-order valence-electron chi connectivity index (χ1n) is 9.10. The second-order valence-corrected chi connectivity index (χ2v) is 7.65. The zero-order valence-electron chi connectivity index (χ0n) is 15.1. The highest BCUT2D eigenvalue weighted by molar-refractivity contribution is 5.76. The number of para-hydroxylation sites is 2. The Balaban J connectivity index is 1.58. The van der Waals surface area contributed by atoms with Crippen LogP contribution in [-0.4, -0.2) is 45.7 Å². The van der Waals surface area contributed by atoms with Crippen LogP contribution >= 0.6 is 0 Å². The van der Waals surface area contributed by atoms with Gasteiger partial charge in [0.05, 0.1) is 17.1 Å². The lowest BCUT2D eigenvalue weighted by Gasteiger charge is -2.24. The topological polar surface area (TPSA) is 81.2 Å². The van der Waals surface area contributed by atoms with Gasteiger partial charge in [0.25, 0.3) is 0 Å². The number of carbonyl (C=O) groups excluding carboxylic acids is 1. The molecule has 1 saturated heterocycles. The van der Waals surface area contributed by atoms with Gasteiger partial charge >= 0.3 is 6.03 Å². The summed E-state index contributed by atoms with van der Waals surface area (Å²) >= 11 is 0. The molecule has 3 N–H and O–H groups in total. The van der Waals surface area contributed by atoms with Gasteiger partial charge in [0.1, 0.15) is 5.82 Å². The fourth-order valence-corrected chi connectivity index (χ4v) is 3.37. The number of amides is 2. The van der Waals surface area contributed by atoms with E-state index < -0.39 is 0 Å². The first kappa shape index (κ1) is 17.7. The fraction of sp³-hybridized carbons (Fsp3) is 0.579. The molecular weight excluding hydrogens is 316 g/mol. The van der Waals surface area contributed by atoms with E-state index >= 15 is 0 Å². The molecule has 1 aromatic carbocycles. The highest BCUT2D eigenvalue weighted by Crippen LogP contribution is 2.31. The summed E-state index contributed by atoms with van der Waals surface area (Å²) in [7, 11) is 0. The third-order valence-corrected chi connectivity index (χ3v) is 4.97. The number of hydrogen-bond donors (Lipinski definition) is 3. The number of likely N-dealkylation sites (tertiary alicyclic amines) is 1. The van der Waals surface area contributed by atoms with E-state index in [1.165, 1.54) is 0 Å². The van der Waals surface area contributed by atoms with Crippen LogP contribution in [0.5, 0.6) is 0 Å². The fourth-order valence-electron chi connectivity index (χ4n) is 3.37. The Bertz CT molecular complexity index is 692. The number of aliphatic hydroxyl groups excluding tert-OH is 1. The van der Waals surface area contributed by atoms with Gasteiger partial charge in [-0.05, 0) is 43.2 Å². The normalized spacial score (nSPS) is 18.0. The van der Waals surface area contributed by atoms with E-state index in [2.05, 4.69) is 15.3 Å². The zero-order valence-corrected chi connectivity index (χ0v) is 15.1. The Kier molecular flexibility index (Phi) is 5.27. The minimum absolute atomic E-state index is 0.0151. The number of aromatic nitrogens is 2. The Morgan fingerprint density at radius 1 is 1.44 bits per heavy atom. The van der Waals surface area contributed by atoms with Gasteiger partial charge in [0, 0.05) is 19.7 Å². The molecule has 2 aromatic rings. The van der Waals surface area contributed by atoms with Crippen molar-refractivity contribution in [2.75, 3.05) is 19.7 Å². The number of hydrogen-bond acceptors (Lipinski definition) is 3. The average Bonchev–Trinajstić information content (AvgIpc) is 3.24. The van der Waals surface area contributed by atoms with Crippen molar-refractivity contribution in [3.63, 3.8) is 0 Å². The summed E-state index contributed by atoms with van der Waals surface area (Å²) in [5.74, 6) is 0.871. The van der Waals surface area contributed by atoms with Crippen LogP contribution in [-0.2, 0) is 0 Å². The summed E-state index contributed by atoms with van der Waals surface area (Å²) in [6, 6.07) is 7.94. The van der Waals surface area contributed by atoms with Gasteiger partial charge < -0.3 is 20.3 Å². The summed E-state index contributed by atoms with van der Waals surface area (Å²) in [5.41, 5.74) is 1.86. The van der Waals surface area contributed by atoms with Crippen LogP contribution < -0.4 is 5.32 Å². The standard InChI is InChI=1S/C19H28N4O2/c1-19(2,13-24)10-6-11-20-18(25)23-12-5-9-16(23)17-21-14-7-3-4-8-15(14)22-17/h3-4,7-8,16,24H,5-6,9-13H2,1-2H3,(H,20,25)(H,21,22). The van der Waals surface area contributed by atoms with Gasteiger partial charge in [0.2, 0.25) is 0 Å². The van der Waals surface area contributed by atoms with Crippen molar-refractivity contribution in [3.8, 4) is 0 Å². The quantitative estimate of drug-likeness (QED) is 0.704. The molecule has 136 valence electrons. The van der Waals surface area contributed by atoms with E-state index in [0.29, 0.717) is 6.54 Å². The van der Waals surface area contributed by atoms with E-state index in [0.717, 1.165) is 49.1 Å². The van der Waals surface area contributed by atoms with Crippen molar-refractivity contribution >= 4 is 17.1 Å². The van der Waals surface area contributed by atoms with Crippen LogP contribution in [0.3, 0.4) is 0 Å². The van der Waals surface area contributed by atoms with Crippen LogP contribution in [0.25, 0.3) is 11.0 Å². The van der Waals surface area contributed by atoms with Crippen molar-refractivity contribution in [1.82, 2.24) is 20.2 Å². The minimum Gasteiger partial charge on any atom is -0.396 e. The van der Waals surface area contributed by atoms with Crippen LogP contribution in [0, 0.1) is 5.41 Å². The molecule has 0 bridgehead atoms. The van der Waals surface area contributed by atoms with Gasteiger partial charge in [-0.1, -0.05) is 26.0 Å². The summed E-state index contributed by atoms with van der Waals surface area (Å²) in [6.07, 6.45) is 3.68. The lowest BCUT2D eigenvalue weighted by molar-refractivity contribution is 0.147. The summed E-state index contributed by atoms with van der Waals surface area (Å²) in [4.78, 5) is 22.5. The third-order valence-electron chi connectivity index (χ3n) is 4.97. The molecular formula is C19H28N4O2. The molecule has 1 fully saturated rings. The first-order valence-corrected chi connectivity index (χ1v) is 9.10. The average molecular weight is 344 g/mol. The molecule has 1 unspecified atom stereocenters.